The molecule has 3 heterocycles. The van der Waals surface area contributed by atoms with Crippen molar-refractivity contribution in [2.45, 2.75) is 18.5 Å². The van der Waals surface area contributed by atoms with E-state index in [0.29, 0.717) is 0 Å². The molecule has 1 saturated heterocycles. The van der Waals surface area contributed by atoms with Gasteiger partial charge in [0, 0.05) is 39.7 Å². The Hall–Kier alpha value is -1.96. The highest BCUT2D eigenvalue weighted by atomic mass is 79.9. The zero-order chi connectivity index (χ0) is 19.3. The Labute approximate surface area is 183 Å². The van der Waals surface area contributed by atoms with Crippen LogP contribution < -0.4 is 10.6 Å². The Morgan fingerprint density at radius 3 is 2.71 bits per heavy atom. The number of thiocarbonyl (C=S) groups is 1. The summed E-state index contributed by atoms with van der Waals surface area (Å²) in [5.41, 5.74) is 2.17. The van der Waals surface area contributed by atoms with Gasteiger partial charge in [-0.2, -0.15) is 0 Å². The topological polar surface area (TPSA) is 40.2 Å². The smallest absolute Gasteiger partial charge is 0.170 e. The standard InChI is InChI=1S/C21H21BrN4S2/c22-15-13-18(28-14-15)20-19(17-9-4-5-10-24-17)25-21(27)26(20)12-6-11-23-16-7-2-1-3-8-16/h1-5,7-10,13-14,19-20,23H,6,11-12H2,(H,25,27)/t19-,20+/m0/s1. The van der Waals surface area contributed by atoms with Gasteiger partial charge in [-0.1, -0.05) is 24.3 Å². The zero-order valence-corrected chi connectivity index (χ0v) is 18.4. The summed E-state index contributed by atoms with van der Waals surface area (Å²) in [6.45, 7) is 1.79. The Kier molecular flexibility index (Phi) is 6.24. The predicted molar refractivity (Wildman–Crippen MR) is 124 cm³/mol. The molecule has 4 nitrogen and oxygen atoms in total. The first kappa shape index (κ1) is 19.4. The Morgan fingerprint density at radius 2 is 2.00 bits per heavy atom. The van der Waals surface area contributed by atoms with E-state index in [1.54, 1.807) is 11.3 Å². The number of rotatable bonds is 7. The number of halogens is 1. The first-order chi connectivity index (χ1) is 13.7. The maximum atomic E-state index is 5.70. The van der Waals surface area contributed by atoms with Crippen molar-refractivity contribution < 1.29 is 0 Å². The van der Waals surface area contributed by atoms with Gasteiger partial charge in [0.25, 0.3) is 0 Å². The van der Waals surface area contributed by atoms with Crippen LogP contribution in [0.25, 0.3) is 0 Å². The van der Waals surface area contributed by atoms with E-state index in [1.165, 1.54) is 4.88 Å². The van der Waals surface area contributed by atoms with Crippen LogP contribution in [-0.2, 0) is 0 Å². The summed E-state index contributed by atoms with van der Waals surface area (Å²) in [7, 11) is 0. The van der Waals surface area contributed by atoms with Crippen molar-refractivity contribution in [2.75, 3.05) is 18.4 Å². The number of hydrogen-bond donors (Lipinski definition) is 2. The average Bonchev–Trinajstić information content (AvgIpc) is 3.29. The first-order valence-corrected chi connectivity index (χ1v) is 11.3. The van der Waals surface area contributed by atoms with E-state index in [-0.39, 0.29) is 12.1 Å². The second-order valence-electron chi connectivity index (χ2n) is 6.63. The van der Waals surface area contributed by atoms with Crippen LogP contribution in [0.1, 0.15) is 29.1 Å². The summed E-state index contributed by atoms with van der Waals surface area (Å²) in [6.07, 6.45) is 2.84. The average molecular weight is 473 g/mol. The number of nitrogens with zero attached hydrogens (tertiary/aromatic N) is 2. The van der Waals surface area contributed by atoms with Gasteiger partial charge in [-0.3, -0.25) is 4.98 Å². The molecule has 0 aliphatic carbocycles. The van der Waals surface area contributed by atoms with Gasteiger partial charge in [0.1, 0.15) is 0 Å². The van der Waals surface area contributed by atoms with Gasteiger partial charge in [-0.15, -0.1) is 11.3 Å². The van der Waals surface area contributed by atoms with E-state index in [9.17, 15) is 0 Å². The number of benzene rings is 1. The molecular formula is C21H21BrN4S2. The van der Waals surface area contributed by atoms with Crippen LogP contribution >= 0.6 is 39.5 Å². The molecule has 0 radical (unpaired) electrons. The molecule has 144 valence electrons. The SMILES string of the molecule is S=C1N[C@@H](c2ccccn2)[C@@H](c2cc(Br)cs2)N1CCCNc1ccccc1. The molecule has 0 amide bonds. The second kappa shape index (κ2) is 9.03. The van der Waals surface area contributed by atoms with Crippen LogP contribution in [0.15, 0.2) is 70.6 Å². The van der Waals surface area contributed by atoms with Gasteiger partial charge in [0.15, 0.2) is 5.11 Å². The fraction of sp³-hybridized carbons (Fsp3) is 0.238. The normalized spacial score (nSPS) is 18.9. The summed E-state index contributed by atoms with van der Waals surface area (Å²) in [4.78, 5) is 8.17. The van der Waals surface area contributed by atoms with Crippen molar-refractivity contribution in [3.8, 4) is 0 Å². The molecule has 0 saturated carbocycles. The van der Waals surface area contributed by atoms with Crippen molar-refractivity contribution in [1.82, 2.24) is 15.2 Å². The van der Waals surface area contributed by atoms with Crippen LogP contribution in [0.2, 0.25) is 0 Å². The van der Waals surface area contributed by atoms with Gasteiger partial charge >= 0.3 is 0 Å². The van der Waals surface area contributed by atoms with Crippen LogP contribution in [0.4, 0.5) is 5.69 Å². The first-order valence-electron chi connectivity index (χ1n) is 9.23. The van der Waals surface area contributed by atoms with E-state index in [2.05, 4.69) is 66.1 Å². The number of aromatic nitrogens is 1. The van der Waals surface area contributed by atoms with E-state index in [0.717, 1.165) is 40.5 Å². The minimum Gasteiger partial charge on any atom is -0.385 e. The van der Waals surface area contributed by atoms with Crippen molar-refractivity contribution in [3.63, 3.8) is 0 Å². The third kappa shape index (κ3) is 4.37. The lowest BCUT2D eigenvalue weighted by atomic mass is 10.0. The van der Waals surface area contributed by atoms with Crippen molar-refractivity contribution in [1.29, 1.82) is 0 Å². The molecule has 2 atom stereocenters. The lowest BCUT2D eigenvalue weighted by Gasteiger charge is -2.27. The molecule has 1 fully saturated rings. The van der Waals surface area contributed by atoms with Gasteiger partial charge in [-0.05, 0) is 64.9 Å². The zero-order valence-electron chi connectivity index (χ0n) is 15.2. The number of hydrogen-bond acceptors (Lipinski definition) is 4. The summed E-state index contributed by atoms with van der Waals surface area (Å²) < 4.78 is 1.11. The summed E-state index contributed by atoms with van der Waals surface area (Å²) in [5.74, 6) is 0. The largest absolute Gasteiger partial charge is 0.385 e. The molecule has 2 N–H and O–H groups in total. The van der Waals surface area contributed by atoms with Crippen LogP contribution in [-0.4, -0.2) is 28.1 Å². The Balaban J connectivity index is 1.48. The molecule has 7 heteroatoms. The number of para-hydroxylation sites is 1. The van der Waals surface area contributed by atoms with Gasteiger partial charge < -0.3 is 15.5 Å². The van der Waals surface area contributed by atoms with Gasteiger partial charge in [-0.25, -0.2) is 0 Å². The monoisotopic (exact) mass is 472 g/mol. The van der Waals surface area contributed by atoms with Crippen LogP contribution in [0, 0.1) is 0 Å². The molecule has 3 aromatic rings. The van der Waals surface area contributed by atoms with E-state index < -0.39 is 0 Å². The fourth-order valence-electron chi connectivity index (χ4n) is 3.48. The summed E-state index contributed by atoms with van der Waals surface area (Å²) in [6, 6.07) is 18.7. The number of anilines is 1. The maximum Gasteiger partial charge on any atom is 0.170 e. The van der Waals surface area contributed by atoms with Crippen molar-refractivity contribution >= 4 is 50.3 Å². The lowest BCUT2D eigenvalue weighted by Crippen LogP contribution is -2.31. The molecular weight excluding hydrogens is 452 g/mol. The van der Waals surface area contributed by atoms with Crippen molar-refractivity contribution in [3.05, 3.63) is 81.2 Å². The molecule has 1 aliphatic heterocycles. The Bertz CT molecular complexity index is 916. The highest BCUT2D eigenvalue weighted by Gasteiger charge is 2.40. The quantitative estimate of drug-likeness (QED) is 0.356. The number of thiophene rings is 1. The minimum absolute atomic E-state index is 0.0568. The molecule has 0 spiro atoms. The van der Waals surface area contributed by atoms with E-state index >= 15 is 0 Å². The van der Waals surface area contributed by atoms with Gasteiger partial charge in [0.05, 0.1) is 17.8 Å². The fourth-order valence-corrected chi connectivity index (χ4v) is 5.40. The third-order valence-corrected chi connectivity index (χ3v) is 6.87. The maximum absolute atomic E-state index is 5.70. The summed E-state index contributed by atoms with van der Waals surface area (Å²) in [5, 5.41) is 9.90. The molecule has 4 rings (SSSR count). The van der Waals surface area contributed by atoms with Crippen LogP contribution in [0.3, 0.4) is 0 Å². The molecule has 2 aromatic heterocycles. The lowest BCUT2D eigenvalue weighted by molar-refractivity contribution is 0.320. The Morgan fingerprint density at radius 1 is 1.18 bits per heavy atom. The molecule has 0 unspecified atom stereocenters. The van der Waals surface area contributed by atoms with Crippen LogP contribution in [0.5, 0.6) is 0 Å². The number of pyridine rings is 1. The highest BCUT2D eigenvalue weighted by molar-refractivity contribution is 9.10. The van der Waals surface area contributed by atoms with E-state index in [4.69, 9.17) is 12.2 Å². The minimum atomic E-state index is 0.0568. The molecule has 1 aliphatic rings. The highest BCUT2D eigenvalue weighted by Crippen LogP contribution is 2.41. The molecule has 28 heavy (non-hydrogen) atoms. The second-order valence-corrected chi connectivity index (χ2v) is 8.88. The third-order valence-electron chi connectivity index (χ3n) is 4.76. The summed E-state index contributed by atoms with van der Waals surface area (Å²) >= 11 is 11.1. The number of nitrogens with one attached hydrogen (secondary N) is 2. The predicted octanol–water partition coefficient (Wildman–Crippen LogP) is 5.38. The van der Waals surface area contributed by atoms with E-state index in [1.807, 2.05) is 36.5 Å². The molecule has 0 bridgehead atoms. The van der Waals surface area contributed by atoms with Gasteiger partial charge in [0.2, 0.25) is 0 Å². The van der Waals surface area contributed by atoms with Crippen molar-refractivity contribution in [2.24, 2.45) is 0 Å². The molecule has 1 aromatic carbocycles.